The Hall–Kier alpha value is -3.07. The van der Waals surface area contributed by atoms with Crippen LogP contribution in [0.1, 0.15) is 11.1 Å². The number of carbonyl (C=O) groups excluding carboxylic acids is 3. The van der Waals surface area contributed by atoms with Gasteiger partial charge in [0.05, 0.1) is 17.9 Å². The molecule has 2 aromatic carbocycles. The number of benzene rings is 2. The molecule has 3 rings (SSSR count). The van der Waals surface area contributed by atoms with E-state index in [1.54, 1.807) is 18.2 Å². The van der Waals surface area contributed by atoms with Crippen molar-refractivity contribution in [3.8, 4) is 0 Å². The molecule has 0 bridgehead atoms. The average Bonchev–Trinajstić information content (AvgIpc) is 2.99. The van der Waals surface area contributed by atoms with Gasteiger partial charge in [-0.3, -0.25) is 19.3 Å². The Morgan fingerprint density at radius 3 is 2.28 bits per heavy atom. The molecule has 1 heterocycles. The van der Waals surface area contributed by atoms with Crippen LogP contribution in [-0.4, -0.2) is 33.9 Å². The van der Waals surface area contributed by atoms with Crippen molar-refractivity contribution in [2.24, 2.45) is 0 Å². The summed E-state index contributed by atoms with van der Waals surface area (Å²) in [6.45, 7) is 0.102. The SMILES string of the molecule is O=C(/C=C(/c1ccccc1)C(F)(F)F)Nc1ccc(CN2C(=O)CSC2=O)cc1. The summed E-state index contributed by atoms with van der Waals surface area (Å²) in [5.74, 6) is -1.08. The molecule has 1 aliphatic rings. The molecule has 1 aliphatic heterocycles. The van der Waals surface area contributed by atoms with Gasteiger partial charge in [0.1, 0.15) is 0 Å². The second-order valence-corrected chi connectivity index (χ2v) is 7.07. The third kappa shape index (κ3) is 5.26. The molecule has 0 saturated carbocycles. The molecule has 150 valence electrons. The molecule has 1 saturated heterocycles. The highest BCUT2D eigenvalue weighted by molar-refractivity contribution is 8.14. The number of allylic oxidation sites excluding steroid dienone is 1. The zero-order valence-electron chi connectivity index (χ0n) is 14.9. The van der Waals surface area contributed by atoms with Crippen LogP contribution in [0.4, 0.5) is 23.7 Å². The van der Waals surface area contributed by atoms with Crippen molar-refractivity contribution in [1.82, 2.24) is 4.90 Å². The molecule has 9 heteroatoms. The number of nitrogens with zero attached hydrogens (tertiary/aromatic N) is 1. The molecular weight excluding hydrogens is 405 g/mol. The molecular formula is C20H15F3N2O3S. The Kier molecular flexibility index (Phi) is 6.07. The van der Waals surface area contributed by atoms with Gasteiger partial charge in [-0.25, -0.2) is 0 Å². The molecule has 0 spiro atoms. The van der Waals surface area contributed by atoms with Crippen LogP contribution in [0.15, 0.2) is 60.7 Å². The van der Waals surface area contributed by atoms with Crippen LogP contribution < -0.4 is 5.32 Å². The summed E-state index contributed by atoms with van der Waals surface area (Å²) in [7, 11) is 0. The van der Waals surface area contributed by atoms with Gasteiger partial charge < -0.3 is 5.32 Å². The van der Waals surface area contributed by atoms with Crippen molar-refractivity contribution < 1.29 is 27.6 Å². The highest BCUT2D eigenvalue weighted by Gasteiger charge is 2.35. The summed E-state index contributed by atoms with van der Waals surface area (Å²) in [5, 5.41) is 2.06. The highest BCUT2D eigenvalue weighted by atomic mass is 32.2. The second-order valence-electron chi connectivity index (χ2n) is 6.14. The first-order chi connectivity index (χ1) is 13.7. The number of carbonyl (C=O) groups is 3. The third-order valence-corrected chi connectivity index (χ3v) is 4.93. The van der Waals surface area contributed by atoms with E-state index >= 15 is 0 Å². The van der Waals surface area contributed by atoms with Crippen LogP contribution >= 0.6 is 11.8 Å². The molecule has 3 amide bonds. The van der Waals surface area contributed by atoms with Crippen LogP contribution in [0.5, 0.6) is 0 Å². The van der Waals surface area contributed by atoms with E-state index in [9.17, 15) is 27.6 Å². The van der Waals surface area contributed by atoms with Gasteiger partial charge in [0.25, 0.3) is 5.24 Å². The second kappa shape index (κ2) is 8.52. The van der Waals surface area contributed by atoms with Gasteiger partial charge in [0, 0.05) is 11.8 Å². The first-order valence-corrected chi connectivity index (χ1v) is 9.44. The number of imide groups is 1. The van der Waals surface area contributed by atoms with E-state index in [1.807, 2.05) is 0 Å². The van der Waals surface area contributed by atoms with E-state index < -0.39 is 17.7 Å². The maximum Gasteiger partial charge on any atom is 0.417 e. The van der Waals surface area contributed by atoms with Gasteiger partial charge in [-0.2, -0.15) is 13.2 Å². The van der Waals surface area contributed by atoms with Crippen LogP contribution in [0.2, 0.25) is 0 Å². The van der Waals surface area contributed by atoms with Gasteiger partial charge in [-0.15, -0.1) is 0 Å². The van der Waals surface area contributed by atoms with Crippen molar-refractivity contribution in [3.63, 3.8) is 0 Å². The molecule has 0 aromatic heterocycles. The Morgan fingerprint density at radius 2 is 1.72 bits per heavy atom. The number of thioether (sulfide) groups is 1. The Bertz CT molecular complexity index is 941. The van der Waals surface area contributed by atoms with Gasteiger partial charge >= 0.3 is 6.18 Å². The summed E-state index contributed by atoms with van der Waals surface area (Å²) < 4.78 is 39.9. The number of hydrogen-bond donors (Lipinski definition) is 1. The van der Waals surface area contributed by atoms with E-state index in [0.29, 0.717) is 11.6 Å². The lowest BCUT2D eigenvalue weighted by Crippen LogP contribution is -2.27. The van der Waals surface area contributed by atoms with Crippen LogP contribution in [0.3, 0.4) is 0 Å². The highest BCUT2D eigenvalue weighted by Crippen LogP contribution is 2.33. The molecule has 1 N–H and O–H groups in total. The van der Waals surface area contributed by atoms with E-state index in [1.165, 1.54) is 36.4 Å². The summed E-state index contributed by atoms with van der Waals surface area (Å²) in [6.07, 6.45) is -4.17. The van der Waals surface area contributed by atoms with Crippen LogP contribution in [0.25, 0.3) is 5.57 Å². The number of alkyl halides is 3. The van der Waals surface area contributed by atoms with Crippen molar-refractivity contribution >= 4 is 40.1 Å². The number of nitrogens with one attached hydrogen (secondary N) is 1. The molecule has 0 unspecified atom stereocenters. The molecule has 0 atom stereocenters. The predicted octanol–water partition coefficient (Wildman–Crippen LogP) is 4.47. The smallest absolute Gasteiger partial charge is 0.323 e. The molecule has 29 heavy (non-hydrogen) atoms. The minimum Gasteiger partial charge on any atom is -0.323 e. The van der Waals surface area contributed by atoms with Gasteiger partial charge in [0.15, 0.2) is 0 Å². The Balaban J connectivity index is 1.70. The van der Waals surface area contributed by atoms with E-state index in [2.05, 4.69) is 5.32 Å². The Labute approximate surface area is 168 Å². The minimum atomic E-state index is -4.69. The number of anilines is 1. The molecule has 5 nitrogen and oxygen atoms in total. The largest absolute Gasteiger partial charge is 0.417 e. The average molecular weight is 420 g/mol. The van der Waals surface area contributed by atoms with E-state index in [-0.39, 0.29) is 34.7 Å². The first kappa shape index (κ1) is 20.7. The first-order valence-electron chi connectivity index (χ1n) is 8.45. The summed E-state index contributed by atoms with van der Waals surface area (Å²) >= 11 is 0.932. The lowest BCUT2D eigenvalue weighted by molar-refractivity contribution is -0.125. The molecule has 0 radical (unpaired) electrons. The van der Waals surface area contributed by atoms with Gasteiger partial charge in [-0.05, 0) is 23.3 Å². The standard InChI is InChI=1S/C20H15F3N2O3S/c21-20(22,23)16(14-4-2-1-3-5-14)10-17(26)24-15-8-6-13(7-9-15)11-25-18(27)12-29-19(25)28/h1-10H,11-12H2,(H,24,26)/b16-10-. The quantitative estimate of drug-likeness (QED) is 0.725. The number of hydrogen-bond acceptors (Lipinski definition) is 4. The monoisotopic (exact) mass is 420 g/mol. The predicted molar refractivity (Wildman–Crippen MR) is 104 cm³/mol. The fourth-order valence-electron chi connectivity index (χ4n) is 2.67. The van der Waals surface area contributed by atoms with Crippen LogP contribution in [0, 0.1) is 0 Å². The van der Waals surface area contributed by atoms with E-state index in [4.69, 9.17) is 0 Å². The van der Waals surface area contributed by atoms with Crippen molar-refractivity contribution in [2.45, 2.75) is 12.7 Å². The normalized spacial score (nSPS) is 15.0. The van der Waals surface area contributed by atoms with Gasteiger partial charge in [-0.1, -0.05) is 54.2 Å². The van der Waals surface area contributed by atoms with Crippen molar-refractivity contribution in [2.75, 3.05) is 11.1 Å². The zero-order chi connectivity index (χ0) is 21.0. The fourth-order valence-corrected chi connectivity index (χ4v) is 3.39. The zero-order valence-corrected chi connectivity index (χ0v) is 15.7. The summed E-state index contributed by atoms with van der Waals surface area (Å²) in [5.41, 5.74) is -0.208. The Morgan fingerprint density at radius 1 is 1.07 bits per heavy atom. The molecule has 1 fully saturated rings. The maximum atomic E-state index is 13.3. The third-order valence-electron chi connectivity index (χ3n) is 4.07. The van der Waals surface area contributed by atoms with Crippen LogP contribution in [-0.2, 0) is 16.1 Å². The maximum absolute atomic E-state index is 13.3. The van der Waals surface area contributed by atoms with Crippen molar-refractivity contribution in [3.05, 3.63) is 71.8 Å². The number of amides is 3. The summed E-state index contributed by atoms with van der Waals surface area (Å²) in [6, 6.07) is 13.2. The summed E-state index contributed by atoms with van der Waals surface area (Å²) in [4.78, 5) is 36.5. The lowest BCUT2D eigenvalue weighted by atomic mass is 10.1. The topological polar surface area (TPSA) is 66.5 Å². The molecule has 0 aliphatic carbocycles. The minimum absolute atomic E-state index is 0.102. The fraction of sp³-hybridized carbons (Fsp3) is 0.150. The van der Waals surface area contributed by atoms with E-state index in [0.717, 1.165) is 16.7 Å². The van der Waals surface area contributed by atoms with Crippen molar-refractivity contribution in [1.29, 1.82) is 0 Å². The van der Waals surface area contributed by atoms with Gasteiger partial charge in [0.2, 0.25) is 11.8 Å². The lowest BCUT2D eigenvalue weighted by Gasteiger charge is -2.13. The number of halogens is 3. The number of rotatable bonds is 5. The molecule has 2 aromatic rings.